The lowest BCUT2D eigenvalue weighted by Crippen LogP contribution is -2.25. The number of aromatic nitrogens is 1. The summed E-state index contributed by atoms with van der Waals surface area (Å²) >= 11 is 0. The fourth-order valence-corrected chi connectivity index (χ4v) is 1.06. The van der Waals surface area contributed by atoms with Crippen molar-refractivity contribution in [2.75, 3.05) is 18.5 Å². The summed E-state index contributed by atoms with van der Waals surface area (Å²) in [7, 11) is 1.74. The van der Waals surface area contributed by atoms with Gasteiger partial charge in [-0.05, 0) is 19.1 Å². The summed E-state index contributed by atoms with van der Waals surface area (Å²) in [5, 5.41) is 8.56. The lowest BCUT2D eigenvalue weighted by molar-refractivity contribution is -0.135. The molecule has 0 aliphatic heterocycles. The minimum Gasteiger partial charge on any atom is -0.480 e. The molecule has 0 saturated carbocycles. The third kappa shape index (κ3) is 2.74. The fourth-order valence-electron chi connectivity index (χ4n) is 1.06. The number of hydrogen-bond donors (Lipinski definition) is 1. The average molecular weight is 180 g/mol. The minimum atomic E-state index is -0.836. The number of nitrogens with zero attached hydrogens (tertiary/aromatic N) is 2. The van der Waals surface area contributed by atoms with Crippen molar-refractivity contribution in [1.29, 1.82) is 0 Å². The second-order valence-electron chi connectivity index (χ2n) is 2.91. The molecule has 0 fully saturated rings. The Labute approximate surface area is 76.8 Å². The number of carbonyl (C=O) groups is 1. The Morgan fingerprint density at radius 2 is 2.38 bits per heavy atom. The van der Waals surface area contributed by atoms with Crippen LogP contribution in [0.2, 0.25) is 0 Å². The van der Waals surface area contributed by atoms with E-state index in [0.29, 0.717) is 0 Å². The van der Waals surface area contributed by atoms with Crippen molar-refractivity contribution in [2.45, 2.75) is 6.92 Å². The number of likely N-dealkylation sites (N-methyl/N-ethyl adjacent to an activating group) is 1. The standard InChI is InChI=1S/C9H12N2O2/c1-7-5-8(3-4-10-7)11(2)6-9(12)13/h3-5H,6H2,1-2H3,(H,12,13). The van der Waals surface area contributed by atoms with Crippen molar-refractivity contribution in [2.24, 2.45) is 0 Å². The van der Waals surface area contributed by atoms with Crippen LogP contribution in [-0.4, -0.2) is 29.7 Å². The van der Waals surface area contributed by atoms with Crippen molar-refractivity contribution >= 4 is 11.7 Å². The number of pyridine rings is 1. The fraction of sp³-hybridized carbons (Fsp3) is 0.333. The number of carboxylic acids is 1. The molecule has 0 aliphatic carbocycles. The van der Waals surface area contributed by atoms with Gasteiger partial charge in [0.2, 0.25) is 0 Å². The molecule has 0 aliphatic rings. The molecule has 13 heavy (non-hydrogen) atoms. The summed E-state index contributed by atoms with van der Waals surface area (Å²) < 4.78 is 0. The molecule has 0 spiro atoms. The van der Waals surface area contributed by atoms with Crippen molar-refractivity contribution in [3.05, 3.63) is 24.0 Å². The molecule has 4 heteroatoms. The van der Waals surface area contributed by atoms with Gasteiger partial charge in [-0.3, -0.25) is 9.78 Å². The molecule has 1 heterocycles. The highest BCUT2D eigenvalue weighted by atomic mass is 16.4. The third-order valence-corrected chi connectivity index (χ3v) is 1.69. The number of carboxylic acid groups (broad SMARTS) is 1. The van der Waals surface area contributed by atoms with Crippen molar-refractivity contribution < 1.29 is 9.90 Å². The zero-order chi connectivity index (χ0) is 9.84. The summed E-state index contributed by atoms with van der Waals surface area (Å²) in [6.45, 7) is 1.88. The van der Waals surface area contributed by atoms with Gasteiger partial charge >= 0.3 is 5.97 Å². The molecule has 4 nitrogen and oxygen atoms in total. The average Bonchev–Trinajstić information content (AvgIpc) is 2.03. The van der Waals surface area contributed by atoms with E-state index in [9.17, 15) is 4.79 Å². The van der Waals surface area contributed by atoms with Crippen LogP contribution in [-0.2, 0) is 4.79 Å². The van der Waals surface area contributed by atoms with Gasteiger partial charge in [-0.15, -0.1) is 0 Å². The summed E-state index contributed by atoms with van der Waals surface area (Å²) in [6.07, 6.45) is 1.67. The lowest BCUT2D eigenvalue weighted by atomic mass is 10.3. The van der Waals surface area contributed by atoms with Crippen LogP contribution in [0.1, 0.15) is 5.69 Å². The van der Waals surface area contributed by atoms with E-state index >= 15 is 0 Å². The van der Waals surface area contributed by atoms with E-state index < -0.39 is 5.97 Å². The molecule has 1 aromatic rings. The van der Waals surface area contributed by atoms with Gasteiger partial charge in [0, 0.05) is 24.6 Å². The molecule has 0 bridgehead atoms. The second kappa shape index (κ2) is 3.89. The molecule has 0 aromatic carbocycles. The maximum atomic E-state index is 10.4. The van der Waals surface area contributed by atoms with Gasteiger partial charge in [0.1, 0.15) is 6.54 Å². The van der Waals surface area contributed by atoms with E-state index in [1.807, 2.05) is 13.0 Å². The van der Waals surface area contributed by atoms with Crippen LogP contribution in [0.5, 0.6) is 0 Å². The Bertz CT molecular complexity index is 312. The molecule has 0 atom stereocenters. The largest absolute Gasteiger partial charge is 0.480 e. The van der Waals surface area contributed by atoms with Gasteiger partial charge in [-0.1, -0.05) is 0 Å². The highest BCUT2D eigenvalue weighted by Crippen LogP contribution is 2.11. The number of aliphatic carboxylic acids is 1. The highest BCUT2D eigenvalue weighted by Gasteiger charge is 2.04. The van der Waals surface area contributed by atoms with Crippen molar-refractivity contribution in [3.8, 4) is 0 Å². The monoisotopic (exact) mass is 180 g/mol. The van der Waals surface area contributed by atoms with E-state index in [-0.39, 0.29) is 6.54 Å². The number of rotatable bonds is 3. The predicted molar refractivity (Wildman–Crippen MR) is 49.9 cm³/mol. The minimum absolute atomic E-state index is 0.00343. The van der Waals surface area contributed by atoms with E-state index in [4.69, 9.17) is 5.11 Å². The molecular weight excluding hydrogens is 168 g/mol. The van der Waals surface area contributed by atoms with Crippen LogP contribution in [0.25, 0.3) is 0 Å². The van der Waals surface area contributed by atoms with Crippen LogP contribution in [0.3, 0.4) is 0 Å². The summed E-state index contributed by atoms with van der Waals surface area (Å²) in [5.74, 6) is -0.836. The first-order valence-corrected chi connectivity index (χ1v) is 3.95. The smallest absolute Gasteiger partial charge is 0.323 e. The molecule has 1 aromatic heterocycles. The van der Waals surface area contributed by atoms with Crippen LogP contribution >= 0.6 is 0 Å². The van der Waals surface area contributed by atoms with Crippen LogP contribution in [0.4, 0.5) is 5.69 Å². The highest BCUT2D eigenvalue weighted by molar-refractivity contribution is 5.73. The van der Waals surface area contributed by atoms with E-state index in [1.165, 1.54) is 0 Å². The van der Waals surface area contributed by atoms with Gasteiger partial charge < -0.3 is 10.0 Å². The van der Waals surface area contributed by atoms with E-state index in [0.717, 1.165) is 11.4 Å². The topological polar surface area (TPSA) is 53.4 Å². The first-order chi connectivity index (χ1) is 6.09. The normalized spacial score (nSPS) is 9.69. The Hall–Kier alpha value is -1.58. The van der Waals surface area contributed by atoms with Crippen LogP contribution < -0.4 is 4.90 Å². The number of aryl methyl sites for hydroxylation is 1. The molecule has 1 rings (SSSR count). The summed E-state index contributed by atoms with van der Waals surface area (Å²) in [6, 6.07) is 3.64. The second-order valence-corrected chi connectivity index (χ2v) is 2.91. The SMILES string of the molecule is Cc1cc(N(C)CC(=O)O)ccn1. The lowest BCUT2D eigenvalue weighted by Gasteiger charge is -2.16. The first-order valence-electron chi connectivity index (χ1n) is 3.95. The van der Waals surface area contributed by atoms with E-state index in [1.54, 1.807) is 24.2 Å². The van der Waals surface area contributed by atoms with Crippen molar-refractivity contribution in [1.82, 2.24) is 4.98 Å². The molecule has 0 radical (unpaired) electrons. The maximum Gasteiger partial charge on any atom is 0.323 e. The maximum absolute atomic E-state index is 10.4. The molecular formula is C9H12N2O2. The van der Waals surface area contributed by atoms with Gasteiger partial charge in [-0.2, -0.15) is 0 Å². The van der Waals surface area contributed by atoms with Gasteiger partial charge in [0.25, 0.3) is 0 Å². The number of anilines is 1. The predicted octanol–water partition coefficient (Wildman–Crippen LogP) is 0.911. The van der Waals surface area contributed by atoms with Crippen molar-refractivity contribution in [3.63, 3.8) is 0 Å². The zero-order valence-corrected chi connectivity index (χ0v) is 7.69. The third-order valence-electron chi connectivity index (χ3n) is 1.69. The Kier molecular flexibility index (Phi) is 2.84. The molecule has 0 amide bonds. The quantitative estimate of drug-likeness (QED) is 0.751. The zero-order valence-electron chi connectivity index (χ0n) is 7.69. The van der Waals surface area contributed by atoms with Gasteiger partial charge in [0.15, 0.2) is 0 Å². The van der Waals surface area contributed by atoms with E-state index in [2.05, 4.69) is 4.98 Å². The summed E-state index contributed by atoms with van der Waals surface area (Å²) in [5.41, 5.74) is 1.75. The Balaban J connectivity index is 2.76. The van der Waals surface area contributed by atoms with Crippen LogP contribution in [0.15, 0.2) is 18.3 Å². The molecule has 70 valence electrons. The molecule has 0 unspecified atom stereocenters. The number of hydrogen-bond acceptors (Lipinski definition) is 3. The summed E-state index contributed by atoms with van der Waals surface area (Å²) in [4.78, 5) is 16.1. The molecule has 1 N–H and O–H groups in total. The first kappa shape index (κ1) is 9.51. The van der Waals surface area contributed by atoms with Gasteiger partial charge in [-0.25, -0.2) is 0 Å². The van der Waals surface area contributed by atoms with Crippen LogP contribution in [0, 0.1) is 6.92 Å². The molecule has 0 saturated heterocycles. The van der Waals surface area contributed by atoms with Gasteiger partial charge in [0.05, 0.1) is 0 Å². The Morgan fingerprint density at radius 3 is 2.92 bits per heavy atom. The Morgan fingerprint density at radius 1 is 1.69 bits per heavy atom.